The summed E-state index contributed by atoms with van der Waals surface area (Å²) in [5.74, 6) is 0.734. The normalized spacial score (nSPS) is 10.2. The number of nitrogens with one attached hydrogen (secondary N) is 1. The van der Waals surface area contributed by atoms with Crippen LogP contribution in [0.1, 0.15) is 5.56 Å². The summed E-state index contributed by atoms with van der Waals surface area (Å²) in [5.41, 5.74) is 3.04. The molecule has 1 aromatic carbocycles. The van der Waals surface area contributed by atoms with Crippen molar-refractivity contribution >= 4 is 5.69 Å². The van der Waals surface area contributed by atoms with E-state index in [0.29, 0.717) is 6.54 Å². The summed E-state index contributed by atoms with van der Waals surface area (Å²) in [4.78, 5) is 12.8. The average Bonchev–Trinajstić information content (AvgIpc) is 2.55. The Morgan fingerprint density at radius 2 is 1.65 bits per heavy atom. The number of aromatic nitrogens is 3. The standard InChI is InChI=1S/C16H14N4/c1-2-6-14(7-3-1)16-19-11-15(12-20-16)18-10-13-5-4-8-17-9-13/h1-9,11-12,18H,10H2. The van der Waals surface area contributed by atoms with Crippen LogP contribution in [-0.4, -0.2) is 15.0 Å². The fraction of sp³-hybridized carbons (Fsp3) is 0.0625. The average molecular weight is 262 g/mol. The first-order chi connectivity index (χ1) is 9.92. The van der Waals surface area contributed by atoms with Gasteiger partial charge in [0.1, 0.15) is 0 Å². The lowest BCUT2D eigenvalue weighted by molar-refractivity contribution is 1.09. The summed E-state index contributed by atoms with van der Waals surface area (Å²) in [6.07, 6.45) is 7.20. The Morgan fingerprint density at radius 1 is 0.850 bits per heavy atom. The number of rotatable bonds is 4. The van der Waals surface area contributed by atoms with Crippen molar-refractivity contribution in [2.45, 2.75) is 6.54 Å². The van der Waals surface area contributed by atoms with E-state index < -0.39 is 0 Å². The quantitative estimate of drug-likeness (QED) is 0.784. The second-order valence-corrected chi connectivity index (χ2v) is 4.38. The molecule has 0 aliphatic carbocycles. The molecule has 0 radical (unpaired) electrons. The van der Waals surface area contributed by atoms with E-state index in [0.717, 1.165) is 22.6 Å². The van der Waals surface area contributed by atoms with E-state index in [9.17, 15) is 0 Å². The van der Waals surface area contributed by atoms with Crippen LogP contribution in [0.15, 0.2) is 67.3 Å². The van der Waals surface area contributed by atoms with Gasteiger partial charge in [0.2, 0.25) is 0 Å². The number of hydrogen-bond acceptors (Lipinski definition) is 4. The molecular formula is C16H14N4. The predicted octanol–water partition coefficient (Wildman–Crippen LogP) is 3.15. The van der Waals surface area contributed by atoms with Gasteiger partial charge in [-0.2, -0.15) is 0 Å². The van der Waals surface area contributed by atoms with Crippen LogP contribution >= 0.6 is 0 Å². The van der Waals surface area contributed by atoms with E-state index in [4.69, 9.17) is 0 Å². The Kier molecular flexibility index (Phi) is 3.64. The summed E-state index contributed by atoms with van der Waals surface area (Å²) in [7, 11) is 0. The van der Waals surface area contributed by atoms with Gasteiger partial charge >= 0.3 is 0 Å². The van der Waals surface area contributed by atoms with Crippen molar-refractivity contribution in [1.82, 2.24) is 15.0 Å². The molecule has 98 valence electrons. The largest absolute Gasteiger partial charge is 0.378 e. The van der Waals surface area contributed by atoms with Crippen molar-refractivity contribution < 1.29 is 0 Å². The lowest BCUT2D eigenvalue weighted by atomic mass is 10.2. The Hall–Kier alpha value is -2.75. The maximum atomic E-state index is 4.37. The van der Waals surface area contributed by atoms with E-state index in [1.165, 1.54) is 0 Å². The first-order valence-electron chi connectivity index (χ1n) is 6.42. The van der Waals surface area contributed by atoms with Crippen LogP contribution in [0.2, 0.25) is 0 Å². The molecule has 0 saturated carbocycles. The zero-order valence-corrected chi connectivity index (χ0v) is 10.9. The zero-order chi connectivity index (χ0) is 13.6. The summed E-state index contributed by atoms with van der Waals surface area (Å²) in [6, 6.07) is 13.9. The van der Waals surface area contributed by atoms with Gasteiger partial charge in [0.15, 0.2) is 5.82 Å². The van der Waals surface area contributed by atoms with Gasteiger partial charge in [-0.15, -0.1) is 0 Å². The molecule has 2 heterocycles. The topological polar surface area (TPSA) is 50.7 Å². The second kappa shape index (κ2) is 5.93. The van der Waals surface area contributed by atoms with Gasteiger partial charge in [0, 0.05) is 24.5 Å². The summed E-state index contributed by atoms with van der Waals surface area (Å²) < 4.78 is 0. The van der Waals surface area contributed by atoms with Crippen LogP contribution in [0, 0.1) is 0 Å². The summed E-state index contributed by atoms with van der Waals surface area (Å²) in [5, 5.41) is 3.27. The van der Waals surface area contributed by atoms with Crippen LogP contribution in [0.4, 0.5) is 5.69 Å². The van der Waals surface area contributed by atoms with Crippen LogP contribution in [0.3, 0.4) is 0 Å². The highest BCUT2D eigenvalue weighted by molar-refractivity contribution is 5.55. The smallest absolute Gasteiger partial charge is 0.159 e. The van der Waals surface area contributed by atoms with Gasteiger partial charge in [-0.25, -0.2) is 9.97 Å². The molecule has 2 aromatic heterocycles. The third kappa shape index (κ3) is 2.98. The van der Waals surface area contributed by atoms with E-state index in [1.54, 1.807) is 18.6 Å². The molecule has 0 spiro atoms. The maximum Gasteiger partial charge on any atom is 0.159 e. The minimum atomic E-state index is 0.710. The van der Waals surface area contributed by atoms with Crippen molar-refractivity contribution in [3.8, 4) is 11.4 Å². The summed E-state index contributed by atoms with van der Waals surface area (Å²) in [6.45, 7) is 0.710. The van der Waals surface area contributed by atoms with E-state index >= 15 is 0 Å². The molecule has 1 N–H and O–H groups in total. The molecule has 0 saturated heterocycles. The minimum Gasteiger partial charge on any atom is -0.378 e. The molecule has 0 unspecified atom stereocenters. The van der Waals surface area contributed by atoms with E-state index in [2.05, 4.69) is 20.3 Å². The molecule has 0 bridgehead atoms. The second-order valence-electron chi connectivity index (χ2n) is 4.38. The summed E-state index contributed by atoms with van der Waals surface area (Å²) >= 11 is 0. The number of nitrogens with zero attached hydrogens (tertiary/aromatic N) is 3. The van der Waals surface area contributed by atoms with Crippen molar-refractivity contribution in [2.75, 3.05) is 5.32 Å². The minimum absolute atomic E-state index is 0.710. The van der Waals surface area contributed by atoms with Gasteiger partial charge in [-0.05, 0) is 11.6 Å². The van der Waals surface area contributed by atoms with Gasteiger partial charge in [0.05, 0.1) is 18.1 Å². The molecule has 0 atom stereocenters. The highest BCUT2D eigenvalue weighted by atomic mass is 14.9. The van der Waals surface area contributed by atoms with Crippen LogP contribution in [-0.2, 0) is 6.54 Å². The molecule has 0 fully saturated rings. The molecular weight excluding hydrogens is 248 g/mol. The molecule has 0 amide bonds. The molecule has 4 heteroatoms. The maximum absolute atomic E-state index is 4.37. The number of hydrogen-bond donors (Lipinski definition) is 1. The monoisotopic (exact) mass is 262 g/mol. The van der Waals surface area contributed by atoms with Gasteiger partial charge < -0.3 is 5.32 Å². The van der Waals surface area contributed by atoms with Gasteiger partial charge in [-0.3, -0.25) is 4.98 Å². The van der Waals surface area contributed by atoms with Crippen molar-refractivity contribution in [1.29, 1.82) is 0 Å². The third-order valence-corrected chi connectivity index (χ3v) is 2.90. The Morgan fingerprint density at radius 3 is 2.35 bits per heavy atom. The van der Waals surface area contributed by atoms with Crippen molar-refractivity contribution in [2.24, 2.45) is 0 Å². The fourth-order valence-corrected chi connectivity index (χ4v) is 1.86. The molecule has 4 nitrogen and oxygen atoms in total. The number of pyridine rings is 1. The number of anilines is 1. The number of benzene rings is 1. The molecule has 0 aliphatic heterocycles. The fourth-order valence-electron chi connectivity index (χ4n) is 1.86. The lowest BCUT2D eigenvalue weighted by Crippen LogP contribution is -2.01. The Labute approximate surface area is 117 Å². The van der Waals surface area contributed by atoms with Crippen molar-refractivity contribution in [3.63, 3.8) is 0 Å². The first-order valence-corrected chi connectivity index (χ1v) is 6.42. The Bertz CT molecular complexity index is 651. The highest BCUT2D eigenvalue weighted by Crippen LogP contribution is 2.15. The van der Waals surface area contributed by atoms with Crippen LogP contribution in [0.25, 0.3) is 11.4 Å². The van der Waals surface area contributed by atoms with E-state index in [-0.39, 0.29) is 0 Å². The Balaban J connectivity index is 1.68. The molecule has 3 aromatic rings. The SMILES string of the molecule is c1ccc(-c2ncc(NCc3cccnc3)cn2)cc1. The third-order valence-electron chi connectivity index (χ3n) is 2.90. The predicted molar refractivity (Wildman–Crippen MR) is 79.0 cm³/mol. The van der Waals surface area contributed by atoms with Gasteiger partial charge in [0.25, 0.3) is 0 Å². The molecule has 3 rings (SSSR count). The molecule has 0 aliphatic rings. The van der Waals surface area contributed by atoms with Crippen LogP contribution in [0.5, 0.6) is 0 Å². The van der Waals surface area contributed by atoms with Crippen molar-refractivity contribution in [3.05, 3.63) is 72.8 Å². The zero-order valence-electron chi connectivity index (χ0n) is 10.9. The van der Waals surface area contributed by atoms with Gasteiger partial charge in [-0.1, -0.05) is 36.4 Å². The lowest BCUT2D eigenvalue weighted by Gasteiger charge is -2.06. The molecule has 20 heavy (non-hydrogen) atoms. The highest BCUT2D eigenvalue weighted by Gasteiger charge is 2.00. The van der Waals surface area contributed by atoms with Crippen LogP contribution < -0.4 is 5.32 Å². The van der Waals surface area contributed by atoms with E-state index in [1.807, 2.05) is 48.7 Å². The first kappa shape index (κ1) is 12.3.